The molecule has 0 aromatic heterocycles. The van der Waals surface area contributed by atoms with Crippen molar-refractivity contribution in [3.63, 3.8) is 0 Å². The zero-order chi connectivity index (χ0) is 11.8. The second-order valence-corrected chi connectivity index (χ2v) is 4.82. The van der Waals surface area contributed by atoms with Crippen LogP contribution in [0.2, 0.25) is 5.02 Å². The van der Waals surface area contributed by atoms with E-state index in [2.05, 4.69) is 0 Å². The molecule has 88 valence electrons. The summed E-state index contributed by atoms with van der Waals surface area (Å²) in [6.45, 7) is 2.28. The lowest BCUT2D eigenvalue weighted by molar-refractivity contribution is -0.143. The van der Waals surface area contributed by atoms with Gasteiger partial charge in [0.2, 0.25) is 0 Å². The fourth-order valence-corrected chi connectivity index (χ4v) is 2.15. The molecule has 0 aliphatic rings. The Morgan fingerprint density at radius 1 is 1.38 bits per heavy atom. The first kappa shape index (κ1) is 13.4. The molecule has 0 amide bonds. The van der Waals surface area contributed by atoms with E-state index in [0.29, 0.717) is 13.0 Å². The van der Waals surface area contributed by atoms with Crippen molar-refractivity contribution in [3.8, 4) is 0 Å². The minimum Gasteiger partial charge on any atom is -0.466 e. The van der Waals surface area contributed by atoms with Crippen LogP contribution in [0, 0.1) is 0 Å². The average molecular weight is 259 g/mol. The van der Waals surface area contributed by atoms with Gasteiger partial charge in [-0.2, -0.15) is 0 Å². The largest absolute Gasteiger partial charge is 0.466 e. The number of ether oxygens (including phenoxy) is 1. The molecule has 16 heavy (non-hydrogen) atoms. The average Bonchev–Trinajstić information content (AvgIpc) is 2.27. The number of halogens is 1. The van der Waals surface area contributed by atoms with Gasteiger partial charge in [0.15, 0.2) is 0 Å². The van der Waals surface area contributed by atoms with Crippen LogP contribution in [0.1, 0.15) is 19.8 Å². The number of benzene rings is 1. The van der Waals surface area contributed by atoms with Crippen molar-refractivity contribution in [2.75, 3.05) is 12.4 Å². The zero-order valence-electron chi connectivity index (χ0n) is 9.24. The van der Waals surface area contributed by atoms with Crippen molar-refractivity contribution in [2.45, 2.75) is 24.7 Å². The van der Waals surface area contributed by atoms with Crippen LogP contribution in [0.25, 0.3) is 0 Å². The standard InChI is InChI=1S/C12H15ClO2S/c1-2-15-12(14)4-3-9-16-11-7-5-10(13)6-8-11/h5-8H,2-4,9H2,1H3. The minimum atomic E-state index is -0.112. The lowest BCUT2D eigenvalue weighted by Gasteiger charge is -2.02. The molecular formula is C12H15ClO2S. The molecule has 2 nitrogen and oxygen atoms in total. The van der Waals surface area contributed by atoms with E-state index in [1.807, 2.05) is 31.2 Å². The van der Waals surface area contributed by atoms with Crippen molar-refractivity contribution < 1.29 is 9.53 Å². The summed E-state index contributed by atoms with van der Waals surface area (Å²) in [4.78, 5) is 12.2. The highest BCUT2D eigenvalue weighted by molar-refractivity contribution is 7.99. The molecule has 0 atom stereocenters. The molecule has 0 bridgehead atoms. The molecule has 0 heterocycles. The Labute approximate surface area is 105 Å². The maximum absolute atomic E-state index is 11.1. The molecule has 4 heteroatoms. The van der Waals surface area contributed by atoms with Crippen LogP contribution in [0.4, 0.5) is 0 Å². The van der Waals surface area contributed by atoms with Crippen LogP contribution in [0.5, 0.6) is 0 Å². The number of hydrogen-bond donors (Lipinski definition) is 0. The summed E-state index contributed by atoms with van der Waals surface area (Å²) in [6, 6.07) is 7.71. The maximum Gasteiger partial charge on any atom is 0.305 e. The number of rotatable bonds is 6. The van der Waals surface area contributed by atoms with Gasteiger partial charge in [0, 0.05) is 16.3 Å². The van der Waals surface area contributed by atoms with Gasteiger partial charge < -0.3 is 4.74 Å². The molecule has 0 spiro atoms. The van der Waals surface area contributed by atoms with E-state index in [4.69, 9.17) is 16.3 Å². The van der Waals surface area contributed by atoms with Gasteiger partial charge in [-0.15, -0.1) is 11.8 Å². The predicted molar refractivity (Wildman–Crippen MR) is 68.0 cm³/mol. The van der Waals surface area contributed by atoms with E-state index >= 15 is 0 Å². The highest BCUT2D eigenvalue weighted by Gasteiger charge is 2.01. The van der Waals surface area contributed by atoms with E-state index in [1.165, 1.54) is 4.90 Å². The lowest BCUT2D eigenvalue weighted by atomic mass is 10.3. The minimum absolute atomic E-state index is 0.112. The predicted octanol–water partition coefficient (Wildman–Crippen LogP) is 3.78. The number of esters is 1. The molecule has 1 rings (SSSR count). The van der Waals surface area contributed by atoms with Crippen molar-refractivity contribution in [1.29, 1.82) is 0 Å². The number of carbonyl (C=O) groups excluding carboxylic acids is 1. The normalized spacial score (nSPS) is 10.1. The van der Waals surface area contributed by atoms with Gasteiger partial charge in [-0.1, -0.05) is 11.6 Å². The Morgan fingerprint density at radius 3 is 2.69 bits per heavy atom. The SMILES string of the molecule is CCOC(=O)CCCSc1ccc(Cl)cc1. The third kappa shape index (κ3) is 5.42. The van der Waals surface area contributed by atoms with Gasteiger partial charge in [0.05, 0.1) is 6.61 Å². The van der Waals surface area contributed by atoms with Gasteiger partial charge >= 0.3 is 5.97 Å². The fraction of sp³-hybridized carbons (Fsp3) is 0.417. The smallest absolute Gasteiger partial charge is 0.305 e. The Bertz CT molecular complexity index is 324. The van der Waals surface area contributed by atoms with Crippen LogP contribution in [0.3, 0.4) is 0 Å². The molecule has 0 aliphatic heterocycles. The molecule has 1 aromatic carbocycles. The summed E-state index contributed by atoms with van der Waals surface area (Å²) in [5, 5.41) is 0.746. The number of thioether (sulfide) groups is 1. The van der Waals surface area contributed by atoms with E-state index in [9.17, 15) is 4.79 Å². The summed E-state index contributed by atoms with van der Waals surface area (Å²) in [5.74, 6) is 0.805. The summed E-state index contributed by atoms with van der Waals surface area (Å²) >= 11 is 7.50. The molecule has 0 radical (unpaired) electrons. The highest BCUT2D eigenvalue weighted by Crippen LogP contribution is 2.21. The summed E-state index contributed by atoms with van der Waals surface area (Å²) < 4.78 is 4.84. The lowest BCUT2D eigenvalue weighted by Crippen LogP contribution is -2.03. The molecule has 0 fully saturated rings. The topological polar surface area (TPSA) is 26.3 Å². The Kier molecular flexibility index (Phi) is 6.34. The monoisotopic (exact) mass is 258 g/mol. The molecule has 0 saturated heterocycles. The second kappa shape index (κ2) is 7.58. The molecule has 0 saturated carbocycles. The molecule has 0 N–H and O–H groups in total. The first-order valence-corrected chi connectivity index (χ1v) is 6.62. The van der Waals surface area contributed by atoms with Crippen molar-refractivity contribution in [2.24, 2.45) is 0 Å². The van der Waals surface area contributed by atoms with Crippen LogP contribution < -0.4 is 0 Å². The molecule has 1 aromatic rings. The zero-order valence-corrected chi connectivity index (χ0v) is 10.8. The Hall–Kier alpha value is -0.670. The molecule has 0 unspecified atom stereocenters. The Balaban J connectivity index is 2.16. The fourth-order valence-electron chi connectivity index (χ4n) is 1.17. The first-order valence-electron chi connectivity index (χ1n) is 5.26. The van der Waals surface area contributed by atoms with Crippen molar-refractivity contribution >= 4 is 29.3 Å². The van der Waals surface area contributed by atoms with Crippen LogP contribution in [-0.2, 0) is 9.53 Å². The second-order valence-electron chi connectivity index (χ2n) is 3.21. The summed E-state index contributed by atoms with van der Waals surface area (Å²) in [5.41, 5.74) is 0. The number of hydrogen-bond acceptors (Lipinski definition) is 3. The summed E-state index contributed by atoms with van der Waals surface area (Å²) in [6.07, 6.45) is 1.33. The van der Waals surface area contributed by atoms with E-state index < -0.39 is 0 Å². The van der Waals surface area contributed by atoms with Crippen LogP contribution in [-0.4, -0.2) is 18.3 Å². The van der Waals surface area contributed by atoms with Crippen molar-refractivity contribution in [1.82, 2.24) is 0 Å². The van der Waals surface area contributed by atoms with E-state index in [0.717, 1.165) is 17.2 Å². The van der Waals surface area contributed by atoms with Crippen molar-refractivity contribution in [3.05, 3.63) is 29.3 Å². The van der Waals surface area contributed by atoms with Gasteiger partial charge in [0.1, 0.15) is 0 Å². The molecule has 0 aliphatic carbocycles. The highest BCUT2D eigenvalue weighted by atomic mass is 35.5. The van der Waals surface area contributed by atoms with E-state index in [-0.39, 0.29) is 5.97 Å². The summed E-state index contributed by atoms with van der Waals surface area (Å²) in [7, 11) is 0. The quantitative estimate of drug-likeness (QED) is 0.441. The van der Waals surface area contributed by atoms with E-state index in [1.54, 1.807) is 11.8 Å². The van der Waals surface area contributed by atoms with Gasteiger partial charge in [0.25, 0.3) is 0 Å². The maximum atomic E-state index is 11.1. The third-order valence-electron chi connectivity index (χ3n) is 1.91. The third-order valence-corrected chi connectivity index (χ3v) is 3.26. The van der Waals surface area contributed by atoms with Gasteiger partial charge in [-0.05, 0) is 43.4 Å². The Morgan fingerprint density at radius 2 is 2.06 bits per heavy atom. The number of carbonyl (C=O) groups is 1. The molecular weight excluding hydrogens is 244 g/mol. The first-order chi connectivity index (χ1) is 7.72. The van der Waals surface area contributed by atoms with Gasteiger partial charge in [-0.25, -0.2) is 0 Å². The van der Waals surface area contributed by atoms with Crippen LogP contribution in [0.15, 0.2) is 29.2 Å². The van der Waals surface area contributed by atoms with Crippen LogP contribution >= 0.6 is 23.4 Å². The van der Waals surface area contributed by atoms with Gasteiger partial charge in [-0.3, -0.25) is 4.79 Å².